The molecule has 0 aromatic heterocycles. The summed E-state index contributed by atoms with van der Waals surface area (Å²) in [7, 11) is 0. The van der Waals surface area contributed by atoms with Crippen molar-refractivity contribution < 1.29 is 19.4 Å². The Morgan fingerprint density at radius 1 is 1.13 bits per heavy atom. The van der Waals surface area contributed by atoms with Gasteiger partial charge in [-0.1, -0.05) is 19.3 Å². The fourth-order valence-electron chi connectivity index (χ4n) is 3.64. The molecule has 0 unspecified atom stereocenters. The lowest BCUT2D eigenvalue weighted by Gasteiger charge is -2.35. The van der Waals surface area contributed by atoms with E-state index >= 15 is 0 Å². The van der Waals surface area contributed by atoms with Crippen molar-refractivity contribution in [2.45, 2.75) is 76.5 Å². The van der Waals surface area contributed by atoms with E-state index in [4.69, 9.17) is 4.74 Å². The van der Waals surface area contributed by atoms with Gasteiger partial charge in [0, 0.05) is 13.5 Å². The van der Waals surface area contributed by atoms with Crippen LogP contribution in [0.5, 0.6) is 0 Å². The zero-order valence-electron chi connectivity index (χ0n) is 14.1. The van der Waals surface area contributed by atoms with Crippen LogP contribution in [0.3, 0.4) is 0 Å². The number of hydrogen-bond donors (Lipinski definition) is 3. The Morgan fingerprint density at radius 3 is 2.52 bits per heavy atom. The van der Waals surface area contributed by atoms with Gasteiger partial charge in [-0.15, -0.1) is 0 Å². The topological polar surface area (TPSA) is 87.7 Å². The molecule has 0 bridgehead atoms. The highest BCUT2D eigenvalue weighted by molar-refractivity contribution is 5.76. The van der Waals surface area contributed by atoms with E-state index in [1.165, 1.54) is 39.0 Å². The third kappa shape index (κ3) is 6.11. The van der Waals surface area contributed by atoms with E-state index in [1.54, 1.807) is 0 Å². The summed E-state index contributed by atoms with van der Waals surface area (Å²) in [6.45, 7) is 2.08. The molecule has 2 amide bonds. The minimum Gasteiger partial charge on any atom is -0.394 e. The van der Waals surface area contributed by atoms with Gasteiger partial charge < -0.3 is 20.5 Å². The number of aliphatic hydroxyl groups is 1. The van der Waals surface area contributed by atoms with Crippen molar-refractivity contribution in [1.29, 1.82) is 0 Å². The molecular weight excluding hydrogens is 296 g/mol. The second kappa shape index (κ2) is 9.23. The Hall–Kier alpha value is -1.14. The minimum absolute atomic E-state index is 0.0234. The summed E-state index contributed by atoms with van der Waals surface area (Å²) in [5, 5.41) is 15.2. The Balaban J connectivity index is 1.70. The first-order chi connectivity index (χ1) is 11.1. The Bertz CT molecular complexity index is 396. The molecule has 1 saturated heterocycles. The standard InChI is InChI=1S/C17H30N2O4/c1-12(21)19-15-8-7-14(23-16(15)11-20)9-17(22)18-10-13-5-3-2-4-6-13/h13-16,20H,2-11H2,1H3,(H,18,22)(H,19,21)/t14-,15-,16+/m1/s1. The van der Waals surface area contributed by atoms with Gasteiger partial charge in [-0.3, -0.25) is 9.59 Å². The fraction of sp³-hybridized carbons (Fsp3) is 0.882. The van der Waals surface area contributed by atoms with Gasteiger partial charge in [0.05, 0.1) is 25.2 Å². The van der Waals surface area contributed by atoms with Gasteiger partial charge in [-0.25, -0.2) is 0 Å². The summed E-state index contributed by atoms with van der Waals surface area (Å²) in [6.07, 6.45) is 7.46. The van der Waals surface area contributed by atoms with E-state index in [-0.39, 0.29) is 30.6 Å². The second-order valence-electron chi connectivity index (χ2n) is 6.88. The first-order valence-electron chi connectivity index (χ1n) is 8.88. The molecule has 0 radical (unpaired) electrons. The maximum atomic E-state index is 12.1. The third-order valence-corrected chi connectivity index (χ3v) is 4.91. The molecule has 132 valence electrons. The number of rotatable bonds is 6. The van der Waals surface area contributed by atoms with E-state index < -0.39 is 6.10 Å². The van der Waals surface area contributed by atoms with Crippen molar-refractivity contribution in [3.05, 3.63) is 0 Å². The van der Waals surface area contributed by atoms with E-state index in [2.05, 4.69) is 10.6 Å². The van der Waals surface area contributed by atoms with Crippen LogP contribution in [0.15, 0.2) is 0 Å². The maximum Gasteiger partial charge on any atom is 0.222 e. The molecule has 6 nitrogen and oxygen atoms in total. The van der Waals surface area contributed by atoms with Gasteiger partial charge in [0.15, 0.2) is 0 Å². The van der Waals surface area contributed by atoms with Crippen molar-refractivity contribution in [2.24, 2.45) is 5.92 Å². The quantitative estimate of drug-likeness (QED) is 0.682. The van der Waals surface area contributed by atoms with E-state index in [1.807, 2.05) is 0 Å². The summed E-state index contributed by atoms with van der Waals surface area (Å²) >= 11 is 0. The van der Waals surface area contributed by atoms with Crippen LogP contribution < -0.4 is 10.6 Å². The predicted molar refractivity (Wildman–Crippen MR) is 86.8 cm³/mol. The van der Waals surface area contributed by atoms with Crippen LogP contribution in [0, 0.1) is 5.92 Å². The third-order valence-electron chi connectivity index (χ3n) is 4.91. The molecule has 1 saturated carbocycles. The minimum atomic E-state index is -0.427. The monoisotopic (exact) mass is 326 g/mol. The van der Waals surface area contributed by atoms with Crippen molar-refractivity contribution in [3.63, 3.8) is 0 Å². The first-order valence-corrected chi connectivity index (χ1v) is 8.88. The highest BCUT2D eigenvalue weighted by Gasteiger charge is 2.32. The molecular formula is C17H30N2O4. The second-order valence-corrected chi connectivity index (χ2v) is 6.88. The molecule has 0 aromatic carbocycles. The number of amides is 2. The van der Waals surface area contributed by atoms with Crippen LogP contribution in [0.25, 0.3) is 0 Å². The van der Waals surface area contributed by atoms with Gasteiger partial charge >= 0.3 is 0 Å². The summed E-state index contributed by atoms with van der Waals surface area (Å²) in [5.74, 6) is 0.519. The number of ether oxygens (including phenoxy) is 1. The van der Waals surface area contributed by atoms with Crippen LogP contribution in [0.1, 0.15) is 58.3 Å². The number of carbonyl (C=O) groups excluding carboxylic acids is 2. The van der Waals surface area contributed by atoms with Crippen LogP contribution in [0.4, 0.5) is 0 Å². The molecule has 0 spiro atoms. The smallest absolute Gasteiger partial charge is 0.222 e. The first kappa shape index (κ1) is 18.2. The van der Waals surface area contributed by atoms with Crippen molar-refractivity contribution in [3.8, 4) is 0 Å². The van der Waals surface area contributed by atoms with Crippen molar-refractivity contribution in [1.82, 2.24) is 10.6 Å². The molecule has 0 aromatic rings. The van der Waals surface area contributed by atoms with Gasteiger partial charge in [0.2, 0.25) is 11.8 Å². The zero-order valence-corrected chi connectivity index (χ0v) is 14.1. The van der Waals surface area contributed by atoms with E-state index in [9.17, 15) is 14.7 Å². The number of aliphatic hydroxyl groups excluding tert-OH is 1. The normalized spacial score (nSPS) is 29.0. The Kier molecular flexibility index (Phi) is 7.30. The lowest BCUT2D eigenvalue weighted by atomic mass is 9.89. The van der Waals surface area contributed by atoms with Gasteiger partial charge in [-0.2, -0.15) is 0 Å². The summed E-state index contributed by atoms with van der Waals surface area (Å²) < 4.78 is 5.79. The van der Waals surface area contributed by atoms with Crippen molar-refractivity contribution >= 4 is 11.8 Å². The predicted octanol–water partition coefficient (Wildman–Crippen LogP) is 1.12. The van der Waals surface area contributed by atoms with Crippen LogP contribution in [-0.4, -0.2) is 48.3 Å². The zero-order chi connectivity index (χ0) is 16.7. The van der Waals surface area contributed by atoms with Gasteiger partial charge in [-0.05, 0) is 31.6 Å². The van der Waals surface area contributed by atoms with Crippen molar-refractivity contribution in [2.75, 3.05) is 13.2 Å². The number of hydrogen-bond acceptors (Lipinski definition) is 4. The molecule has 3 N–H and O–H groups in total. The maximum absolute atomic E-state index is 12.1. The SMILES string of the molecule is CC(=O)N[C@@H]1CC[C@H](CC(=O)NCC2CCCCC2)O[C@H]1CO. The van der Waals surface area contributed by atoms with E-state index in [0.717, 1.165) is 19.4 Å². The molecule has 23 heavy (non-hydrogen) atoms. The number of carbonyl (C=O) groups is 2. The van der Waals surface area contributed by atoms with Crippen LogP contribution in [0.2, 0.25) is 0 Å². The molecule has 3 atom stereocenters. The summed E-state index contributed by atoms with van der Waals surface area (Å²) in [6, 6.07) is -0.168. The van der Waals surface area contributed by atoms with Gasteiger partial charge in [0.25, 0.3) is 0 Å². The lowest BCUT2D eigenvalue weighted by molar-refractivity contribution is -0.135. The molecule has 1 aliphatic carbocycles. The summed E-state index contributed by atoms with van der Waals surface area (Å²) in [5.41, 5.74) is 0. The molecule has 2 rings (SSSR count). The molecule has 1 aliphatic heterocycles. The van der Waals surface area contributed by atoms with Crippen LogP contribution >= 0.6 is 0 Å². The number of nitrogens with one attached hydrogen (secondary N) is 2. The Morgan fingerprint density at radius 2 is 1.87 bits per heavy atom. The van der Waals surface area contributed by atoms with Gasteiger partial charge in [0.1, 0.15) is 6.10 Å². The Labute approximate surface area is 138 Å². The molecule has 1 heterocycles. The summed E-state index contributed by atoms with van der Waals surface area (Å²) in [4.78, 5) is 23.2. The molecule has 2 aliphatic rings. The lowest BCUT2D eigenvalue weighted by Crippen LogP contribution is -2.51. The highest BCUT2D eigenvalue weighted by atomic mass is 16.5. The van der Waals surface area contributed by atoms with Crippen LogP contribution in [-0.2, 0) is 14.3 Å². The fourth-order valence-corrected chi connectivity index (χ4v) is 3.64. The molecule has 6 heteroatoms. The largest absolute Gasteiger partial charge is 0.394 e. The van der Waals surface area contributed by atoms with E-state index in [0.29, 0.717) is 12.3 Å². The average molecular weight is 326 g/mol. The highest BCUT2D eigenvalue weighted by Crippen LogP contribution is 2.24. The molecule has 2 fully saturated rings. The average Bonchev–Trinajstić information content (AvgIpc) is 2.55.